The van der Waals surface area contributed by atoms with Crippen LogP contribution in [0.4, 0.5) is 4.39 Å². The highest BCUT2D eigenvalue weighted by atomic mass is 79.9. The third kappa shape index (κ3) is 2.55. The first-order valence-electron chi connectivity index (χ1n) is 6.76. The number of aromatic carboxylic acids is 1. The van der Waals surface area contributed by atoms with Gasteiger partial charge in [0.05, 0.1) is 11.3 Å². The topological polar surface area (TPSA) is 59.3 Å². The van der Waals surface area contributed by atoms with Crippen molar-refractivity contribution in [1.29, 1.82) is 0 Å². The summed E-state index contributed by atoms with van der Waals surface area (Å²) in [6.07, 6.45) is 0. The minimum atomic E-state index is -1.12. The molecule has 23 heavy (non-hydrogen) atoms. The van der Waals surface area contributed by atoms with Crippen molar-refractivity contribution in [3.05, 3.63) is 76.0 Å². The van der Waals surface area contributed by atoms with Crippen LogP contribution < -0.4 is 5.56 Å². The second kappa shape index (κ2) is 5.96. The Hall–Kier alpha value is -2.47. The number of hydrogen-bond donors (Lipinski definition) is 1. The summed E-state index contributed by atoms with van der Waals surface area (Å²) in [6.45, 7) is 0. The molecular formula is C17H11BrFNO3. The summed E-state index contributed by atoms with van der Waals surface area (Å²) >= 11 is 3.26. The summed E-state index contributed by atoms with van der Waals surface area (Å²) in [7, 11) is 0. The molecule has 0 aliphatic rings. The third-order valence-corrected chi connectivity index (χ3v) is 4.14. The maximum Gasteiger partial charge on any atom is 0.338 e. The van der Waals surface area contributed by atoms with Crippen LogP contribution >= 0.6 is 15.9 Å². The first-order valence-corrected chi connectivity index (χ1v) is 7.88. The molecule has 4 nitrogen and oxygen atoms in total. The summed E-state index contributed by atoms with van der Waals surface area (Å²) in [5.74, 6) is -1.55. The minimum absolute atomic E-state index is 0.0569. The molecule has 1 N–H and O–H groups in total. The summed E-state index contributed by atoms with van der Waals surface area (Å²) in [4.78, 5) is 24.6. The van der Waals surface area contributed by atoms with Crippen molar-refractivity contribution in [3.63, 3.8) is 0 Å². The number of carbonyl (C=O) groups is 1. The molecule has 0 saturated carbocycles. The first-order chi connectivity index (χ1) is 11.0. The number of carboxylic acids is 1. The summed E-state index contributed by atoms with van der Waals surface area (Å²) in [5.41, 5.74) is 0.444. The van der Waals surface area contributed by atoms with Crippen LogP contribution in [0.15, 0.2) is 53.3 Å². The zero-order valence-corrected chi connectivity index (χ0v) is 13.4. The number of rotatable bonds is 3. The number of alkyl halides is 1. The number of carboxylic acid groups (broad SMARTS) is 1. The van der Waals surface area contributed by atoms with Gasteiger partial charge in [0.2, 0.25) is 0 Å². The summed E-state index contributed by atoms with van der Waals surface area (Å²) in [5, 5.41) is 10.5. The van der Waals surface area contributed by atoms with Gasteiger partial charge in [0.25, 0.3) is 5.56 Å². The van der Waals surface area contributed by atoms with Crippen LogP contribution in [-0.2, 0) is 5.33 Å². The maximum atomic E-state index is 13.2. The molecule has 0 bridgehead atoms. The van der Waals surface area contributed by atoms with E-state index in [1.54, 1.807) is 24.3 Å². The molecule has 116 valence electrons. The lowest BCUT2D eigenvalue weighted by molar-refractivity contribution is 0.0697. The van der Waals surface area contributed by atoms with Gasteiger partial charge in [-0.05, 0) is 30.3 Å². The molecule has 0 aliphatic carbocycles. The number of halogens is 2. The molecule has 0 atom stereocenters. The van der Waals surface area contributed by atoms with E-state index in [2.05, 4.69) is 15.9 Å². The summed E-state index contributed by atoms with van der Waals surface area (Å²) < 4.78 is 14.5. The van der Waals surface area contributed by atoms with Crippen LogP contribution in [-0.4, -0.2) is 15.6 Å². The molecule has 1 heterocycles. The number of pyridine rings is 1. The molecule has 6 heteroatoms. The highest BCUT2D eigenvalue weighted by Gasteiger charge is 2.21. The number of hydrogen-bond acceptors (Lipinski definition) is 2. The van der Waals surface area contributed by atoms with Gasteiger partial charge in [-0.25, -0.2) is 9.18 Å². The molecule has 0 amide bonds. The predicted octanol–water partition coefficient (Wildman–Crippen LogP) is 3.72. The van der Waals surface area contributed by atoms with Crippen LogP contribution in [0.5, 0.6) is 0 Å². The van der Waals surface area contributed by atoms with Crippen LogP contribution in [0.1, 0.15) is 16.1 Å². The van der Waals surface area contributed by atoms with E-state index in [4.69, 9.17) is 0 Å². The van der Waals surface area contributed by atoms with Gasteiger partial charge in [-0.15, -0.1) is 0 Å². The normalized spacial score (nSPS) is 10.9. The van der Waals surface area contributed by atoms with Gasteiger partial charge in [0.1, 0.15) is 5.82 Å². The molecule has 0 fully saturated rings. The number of aromatic nitrogens is 1. The Balaban J connectivity index is 2.50. The fraction of sp³-hybridized carbons (Fsp3) is 0.0588. The van der Waals surface area contributed by atoms with Crippen molar-refractivity contribution in [2.45, 2.75) is 5.33 Å². The van der Waals surface area contributed by atoms with Gasteiger partial charge in [0, 0.05) is 21.8 Å². The molecule has 0 aliphatic heterocycles. The van der Waals surface area contributed by atoms with Gasteiger partial charge in [-0.3, -0.25) is 9.36 Å². The van der Waals surface area contributed by atoms with Gasteiger partial charge >= 0.3 is 5.97 Å². The monoisotopic (exact) mass is 375 g/mol. The number of fused-ring (bicyclic) bond motifs is 1. The van der Waals surface area contributed by atoms with E-state index in [0.717, 1.165) is 0 Å². The van der Waals surface area contributed by atoms with Crippen molar-refractivity contribution < 1.29 is 14.3 Å². The third-order valence-electron chi connectivity index (χ3n) is 3.61. The van der Waals surface area contributed by atoms with E-state index < -0.39 is 11.8 Å². The molecule has 0 spiro atoms. The van der Waals surface area contributed by atoms with E-state index in [0.29, 0.717) is 22.2 Å². The second-order valence-electron chi connectivity index (χ2n) is 4.92. The van der Waals surface area contributed by atoms with Gasteiger partial charge in [-0.2, -0.15) is 0 Å². The maximum absolute atomic E-state index is 13.2. The molecule has 0 unspecified atom stereocenters. The zero-order valence-electron chi connectivity index (χ0n) is 11.8. The Labute approximate surface area is 138 Å². The lowest BCUT2D eigenvalue weighted by Crippen LogP contribution is -2.25. The summed E-state index contributed by atoms with van der Waals surface area (Å²) in [6, 6.07) is 11.9. The van der Waals surface area contributed by atoms with Crippen molar-refractivity contribution in [1.82, 2.24) is 4.57 Å². The lowest BCUT2D eigenvalue weighted by Gasteiger charge is -2.16. The Morgan fingerprint density at radius 1 is 1.09 bits per heavy atom. The van der Waals surface area contributed by atoms with Crippen molar-refractivity contribution >= 4 is 32.7 Å². The van der Waals surface area contributed by atoms with Gasteiger partial charge < -0.3 is 5.11 Å². The average Bonchev–Trinajstić information content (AvgIpc) is 2.55. The standard InChI is InChI=1S/C17H11BrFNO3/c18-9-14-15(17(22)23)12-3-1-2-4-13(12)16(21)20(14)11-7-5-10(19)6-8-11/h1-8H,9H2,(H,22,23). The smallest absolute Gasteiger partial charge is 0.338 e. The van der Waals surface area contributed by atoms with Gasteiger partial charge in [0.15, 0.2) is 0 Å². The van der Waals surface area contributed by atoms with E-state index >= 15 is 0 Å². The Morgan fingerprint density at radius 3 is 2.26 bits per heavy atom. The SMILES string of the molecule is O=C(O)c1c(CBr)n(-c2ccc(F)cc2)c(=O)c2ccccc12. The van der Waals surface area contributed by atoms with Crippen LogP contribution in [0, 0.1) is 5.82 Å². The molecule has 0 radical (unpaired) electrons. The van der Waals surface area contributed by atoms with E-state index in [1.807, 2.05) is 0 Å². The Bertz CT molecular complexity index is 964. The van der Waals surface area contributed by atoms with E-state index in [1.165, 1.54) is 28.8 Å². The molecular weight excluding hydrogens is 365 g/mol. The first kappa shape index (κ1) is 15.4. The van der Waals surface area contributed by atoms with E-state index in [-0.39, 0.29) is 16.5 Å². The number of nitrogens with zero attached hydrogens (tertiary/aromatic N) is 1. The highest BCUT2D eigenvalue weighted by Crippen LogP contribution is 2.24. The zero-order chi connectivity index (χ0) is 16.6. The van der Waals surface area contributed by atoms with Crippen molar-refractivity contribution in [2.24, 2.45) is 0 Å². The highest BCUT2D eigenvalue weighted by molar-refractivity contribution is 9.08. The Kier molecular flexibility index (Phi) is 4.00. The minimum Gasteiger partial charge on any atom is -0.478 e. The van der Waals surface area contributed by atoms with Crippen molar-refractivity contribution in [2.75, 3.05) is 0 Å². The number of benzene rings is 2. The van der Waals surface area contributed by atoms with Crippen LogP contribution in [0.3, 0.4) is 0 Å². The lowest BCUT2D eigenvalue weighted by atomic mass is 10.0. The molecule has 2 aromatic carbocycles. The van der Waals surface area contributed by atoms with Crippen LogP contribution in [0.25, 0.3) is 16.5 Å². The second-order valence-corrected chi connectivity index (χ2v) is 5.48. The molecule has 0 saturated heterocycles. The Morgan fingerprint density at radius 2 is 1.70 bits per heavy atom. The largest absolute Gasteiger partial charge is 0.478 e. The fourth-order valence-electron chi connectivity index (χ4n) is 2.63. The van der Waals surface area contributed by atoms with Crippen molar-refractivity contribution in [3.8, 4) is 5.69 Å². The fourth-order valence-corrected chi connectivity index (χ4v) is 3.16. The molecule has 3 rings (SSSR count). The molecule has 3 aromatic rings. The quantitative estimate of drug-likeness (QED) is 0.709. The van der Waals surface area contributed by atoms with E-state index in [9.17, 15) is 19.1 Å². The van der Waals surface area contributed by atoms with Gasteiger partial charge in [-0.1, -0.05) is 34.1 Å². The predicted molar refractivity (Wildman–Crippen MR) is 89.1 cm³/mol. The average molecular weight is 376 g/mol. The molecule has 1 aromatic heterocycles. The van der Waals surface area contributed by atoms with Crippen LogP contribution in [0.2, 0.25) is 0 Å².